The minimum absolute atomic E-state index is 0.0395. The van der Waals surface area contributed by atoms with Gasteiger partial charge in [0.2, 0.25) is 5.91 Å². The van der Waals surface area contributed by atoms with E-state index in [0.29, 0.717) is 11.6 Å². The maximum atomic E-state index is 12.4. The highest BCUT2D eigenvalue weighted by Crippen LogP contribution is 2.30. The summed E-state index contributed by atoms with van der Waals surface area (Å²) in [4.78, 5) is 25.5. The molecule has 0 saturated heterocycles. The zero-order chi connectivity index (χ0) is 20.8. The van der Waals surface area contributed by atoms with Gasteiger partial charge in [-0.25, -0.2) is 0 Å². The van der Waals surface area contributed by atoms with E-state index in [1.165, 1.54) is 11.6 Å². The van der Waals surface area contributed by atoms with Crippen LogP contribution in [0.25, 0.3) is 6.08 Å². The second kappa shape index (κ2) is 9.78. The Kier molecular flexibility index (Phi) is 6.67. The molecule has 2 aromatic carbocycles. The molecule has 2 amide bonds. The Morgan fingerprint density at radius 3 is 2.60 bits per heavy atom. The molecule has 4 rings (SSSR count). The SMILES string of the molecule is O=C(/C=C/c1ccc(C(=O)NC2CC2)cc1)Nc1ccccc1SCc1ccsc1. The Morgan fingerprint density at radius 2 is 1.87 bits per heavy atom. The number of anilines is 1. The molecule has 1 heterocycles. The Labute approximate surface area is 184 Å². The molecule has 3 aromatic rings. The molecule has 6 heteroatoms. The number of thiophene rings is 1. The van der Waals surface area contributed by atoms with Crippen LogP contribution in [-0.2, 0) is 10.5 Å². The van der Waals surface area contributed by atoms with Crippen molar-refractivity contribution < 1.29 is 9.59 Å². The number of benzene rings is 2. The molecule has 1 aromatic heterocycles. The first-order chi connectivity index (χ1) is 14.7. The van der Waals surface area contributed by atoms with E-state index >= 15 is 0 Å². The highest BCUT2D eigenvalue weighted by atomic mass is 32.2. The number of rotatable bonds is 8. The number of nitrogens with one attached hydrogen (secondary N) is 2. The van der Waals surface area contributed by atoms with Gasteiger partial charge in [0.05, 0.1) is 5.69 Å². The van der Waals surface area contributed by atoms with E-state index in [1.54, 1.807) is 41.3 Å². The van der Waals surface area contributed by atoms with Crippen molar-refractivity contribution in [3.63, 3.8) is 0 Å². The Bertz CT molecular complexity index is 1040. The smallest absolute Gasteiger partial charge is 0.251 e. The van der Waals surface area contributed by atoms with Crippen molar-refractivity contribution in [1.82, 2.24) is 5.32 Å². The number of hydrogen-bond donors (Lipinski definition) is 2. The first kappa shape index (κ1) is 20.4. The van der Waals surface area contributed by atoms with E-state index in [2.05, 4.69) is 27.5 Å². The monoisotopic (exact) mass is 434 g/mol. The zero-order valence-electron chi connectivity index (χ0n) is 16.3. The molecule has 1 saturated carbocycles. The molecular weight excluding hydrogens is 412 g/mol. The van der Waals surface area contributed by atoms with Crippen LogP contribution in [-0.4, -0.2) is 17.9 Å². The van der Waals surface area contributed by atoms with Crippen LogP contribution in [0.3, 0.4) is 0 Å². The van der Waals surface area contributed by atoms with Crippen molar-refractivity contribution >= 4 is 46.7 Å². The fourth-order valence-corrected chi connectivity index (χ4v) is 4.55. The number of amides is 2. The summed E-state index contributed by atoms with van der Waals surface area (Å²) >= 11 is 3.39. The van der Waals surface area contributed by atoms with Crippen LogP contribution >= 0.6 is 23.1 Å². The van der Waals surface area contributed by atoms with Crippen LogP contribution in [0.2, 0.25) is 0 Å². The van der Waals surface area contributed by atoms with Gasteiger partial charge in [-0.3, -0.25) is 9.59 Å². The molecule has 1 aliphatic rings. The molecule has 2 N–H and O–H groups in total. The third-order valence-corrected chi connectivity index (χ3v) is 6.51. The molecule has 30 heavy (non-hydrogen) atoms. The predicted octanol–water partition coefficient (Wildman–Crippen LogP) is 5.58. The maximum Gasteiger partial charge on any atom is 0.251 e. The van der Waals surface area contributed by atoms with Crippen molar-refractivity contribution in [2.45, 2.75) is 29.5 Å². The van der Waals surface area contributed by atoms with E-state index in [-0.39, 0.29) is 11.8 Å². The van der Waals surface area contributed by atoms with Gasteiger partial charge in [-0.15, -0.1) is 11.8 Å². The van der Waals surface area contributed by atoms with Crippen molar-refractivity contribution in [1.29, 1.82) is 0 Å². The molecule has 0 radical (unpaired) electrons. The summed E-state index contributed by atoms with van der Waals surface area (Å²) in [6.45, 7) is 0. The van der Waals surface area contributed by atoms with Gasteiger partial charge in [0.1, 0.15) is 0 Å². The van der Waals surface area contributed by atoms with Crippen molar-refractivity contribution in [3.05, 3.63) is 88.1 Å². The molecule has 152 valence electrons. The number of para-hydroxylation sites is 1. The van der Waals surface area contributed by atoms with Crippen LogP contribution in [0.15, 0.2) is 76.3 Å². The van der Waals surface area contributed by atoms with Gasteiger partial charge in [0.25, 0.3) is 5.91 Å². The van der Waals surface area contributed by atoms with E-state index in [1.807, 2.05) is 36.4 Å². The minimum Gasteiger partial charge on any atom is -0.349 e. The van der Waals surface area contributed by atoms with Gasteiger partial charge in [-0.1, -0.05) is 24.3 Å². The van der Waals surface area contributed by atoms with Crippen LogP contribution < -0.4 is 10.6 Å². The molecule has 1 aliphatic carbocycles. The van der Waals surface area contributed by atoms with E-state index in [0.717, 1.165) is 34.7 Å². The quantitative estimate of drug-likeness (QED) is 0.359. The Balaban J connectivity index is 1.34. The van der Waals surface area contributed by atoms with E-state index in [4.69, 9.17) is 0 Å². The molecule has 0 bridgehead atoms. The molecule has 1 fully saturated rings. The van der Waals surface area contributed by atoms with Crippen molar-refractivity contribution in [3.8, 4) is 0 Å². The predicted molar refractivity (Wildman–Crippen MR) is 125 cm³/mol. The van der Waals surface area contributed by atoms with Gasteiger partial charge >= 0.3 is 0 Å². The van der Waals surface area contributed by atoms with Crippen LogP contribution in [0, 0.1) is 0 Å². The van der Waals surface area contributed by atoms with Gasteiger partial charge in [-0.05, 0) is 71.1 Å². The lowest BCUT2D eigenvalue weighted by molar-refractivity contribution is -0.111. The van der Waals surface area contributed by atoms with Gasteiger partial charge in [0.15, 0.2) is 0 Å². The molecule has 0 atom stereocenters. The topological polar surface area (TPSA) is 58.2 Å². The zero-order valence-corrected chi connectivity index (χ0v) is 18.0. The lowest BCUT2D eigenvalue weighted by Crippen LogP contribution is -2.25. The van der Waals surface area contributed by atoms with Gasteiger partial charge < -0.3 is 10.6 Å². The number of thioether (sulfide) groups is 1. The molecule has 0 aliphatic heterocycles. The summed E-state index contributed by atoms with van der Waals surface area (Å²) in [6.07, 6.45) is 5.40. The fraction of sp³-hybridized carbons (Fsp3) is 0.167. The lowest BCUT2D eigenvalue weighted by atomic mass is 10.1. The highest BCUT2D eigenvalue weighted by Gasteiger charge is 2.23. The van der Waals surface area contributed by atoms with Crippen LogP contribution in [0.5, 0.6) is 0 Å². The summed E-state index contributed by atoms with van der Waals surface area (Å²) in [5, 5.41) is 10.1. The molecule has 0 unspecified atom stereocenters. The highest BCUT2D eigenvalue weighted by molar-refractivity contribution is 7.98. The summed E-state index contributed by atoms with van der Waals surface area (Å²) in [6, 6.07) is 17.5. The minimum atomic E-state index is -0.186. The Morgan fingerprint density at radius 1 is 1.07 bits per heavy atom. The summed E-state index contributed by atoms with van der Waals surface area (Å²) < 4.78 is 0. The standard InChI is InChI=1S/C24H22N2O2S2/c27-23(12-7-17-5-8-19(9-6-17)24(28)25-20-10-11-20)26-21-3-1-2-4-22(21)30-16-18-13-14-29-15-18/h1-9,12-15,20H,10-11,16H2,(H,25,28)(H,26,27)/b12-7+. The molecule has 0 spiro atoms. The average molecular weight is 435 g/mol. The summed E-state index contributed by atoms with van der Waals surface area (Å²) in [5.41, 5.74) is 3.59. The third-order valence-electron chi connectivity index (χ3n) is 4.63. The second-order valence-electron chi connectivity index (χ2n) is 7.11. The van der Waals surface area contributed by atoms with Crippen molar-refractivity contribution in [2.24, 2.45) is 0 Å². The first-order valence-electron chi connectivity index (χ1n) is 9.80. The normalized spacial score (nSPS) is 13.3. The number of carbonyl (C=O) groups is 2. The number of hydrogen-bond acceptors (Lipinski definition) is 4. The van der Waals surface area contributed by atoms with Crippen LogP contribution in [0.4, 0.5) is 5.69 Å². The van der Waals surface area contributed by atoms with Crippen LogP contribution in [0.1, 0.15) is 34.3 Å². The molecular formula is C24H22N2O2S2. The molecule has 4 nitrogen and oxygen atoms in total. The third kappa shape index (κ3) is 5.84. The number of carbonyl (C=O) groups excluding carboxylic acids is 2. The second-order valence-corrected chi connectivity index (χ2v) is 8.91. The van der Waals surface area contributed by atoms with Crippen molar-refractivity contribution in [2.75, 3.05) is 5.32 Å². The fourth-order valence-electron chi connectivity index (χ4n) is 2.82. The van der Waals surface area contributed by atoms with E-state index in [9.17, 15) is 9.59 Å². The average Bonchev–Trinajstić information content (AvgIpc) is 3.42. The first-order valence-corrected chi connectivity index (χ1v) is 11.7. The Hall–Kier alpha value is -2.83. The maximum absolute atomic E-state index is 12.4. The largest absolute Gasteiger partial charge is 0.349 e. The summed E-state index contributed by atoms with van der Waals surface area (Å²) in [7, 11) is 0. The summed E-state index contributed by atoms with van der Waals surface area (Å²) in [5.74, 6) is 0.642. The van der Waals surface area contributed by atoms with E-state index < -0.39 is 0 Å². The lowest BCUT2D eigenvalue weighted by Gasteiger charge is -2.09. The van der Waals surface area contributed by atoms with Gasteiger partial charge in [0, 0.05) is 28.3 Å². The van der Waals surface area contributed by atoms with Gasteiger partial charge in [-0.2, -0.15) is 11.3 Å².